The predicted molar refractivity (Wildman–Crippen MR) is 93.3 cm³/mol. The zero-order chi connectivity index (χ0) is 15.7. The molecule has 2 saturated carbocycles. The summed E-state index contributed by atoms with van der Waals surface area (Å²) in [6, 6.07) is 7.79. The Balaban J connectivity index is 1.47. The van der Waals surface area contributed by atoms with Crippen molar-refractivity contribution in [2.24, 2.45) is 40.6 Å². The Morgan fingerprint density at radius 1 is 1.04 bits per heavy atom. The van der Waals surface area contributed by atoms with Gasteiger partial charge in [0.15, 0.2) is 0 Å². The van der Waals surface area contributed by atoms with Crippen LogP contribution in [0.1, 0.15) is 12.0 Å². The number of amides is 2. The van der Waals surface area contributed by atoms with Gasteiger partial charge in [0.25, 0.3) is 11.8 Å². The van der Waals surface area contributed by atoms with E-state index in [-0.39, 0.29) is 35.5 Å². The minimum absolute atomic E-state index is 0.105. The normalized spacial score (nSPS) is 40.0. The number of imide groups is 1. The predicted octanol–water partition coefficient (Wildman–Crippen LogP) is 2.68. The van der Waals surface area contributed by atoms with Gasteiger partial charge in [-0.3, -0.25) is 9.59 Å². The van der Waals surface area contributed by atoms with Crippen LogP contribution in [0.15, 0.2) is 41.5 Å². The summed E-state index contributed by atoms with van der Waals surface area (Å²) in [7, 11) is 0. The quantitative estimate of drug-likeness (QED) is 0.321. The van der Waals surface area contributed by atoms with Crippen LogP contribution in [-0.4, -0.2) is 23.0 Å². The second-order valence-corrected chi connectivity index (χ2v) is 8.07. The van der Waals surface area contributed by atoms with E-state index in [2.05, 4.69) is 39.8 Å². The average Bonchev–Trinajstić information content (AvgIpc) is 3.33. The molecule has 2 amide bonds. The molecule has 1 aromatic carbocycles. The maximum Gasteiger partial charge on any atom is 0.254 e. The Bertz CT molecular complexity index is 751. The lowest BCUT2D eigenvalue weighted by molar-refractivity contribution is -0.140. The summed E-state index contributed by atoms with van der Waals surface area (Å²) in [6.07, 6.45) is 7.17. The van der Waals surface area contributed by atoms with E-state index >= 15 is 0 Å². The summed E-state index contributed by atoms with van der Waals surface area (Å²) in [6.45, 7) is 0. The second kappa shape index (κ2) is 4.75. The third-order valence-electron chi connectivity index (χ3n) is 5.86. The van der Waals surface area contributed by atoms with Crippen molar-refractivity contribution in [3.63, 3.8) is 0 Å². The minimum atomic E-state index is -0.173. The highest BCUT2D eigenvalue weighted by Crippen LogP contribution is 2.65. The maximum atomic E-state index is 12.8. The molecule has 5 aliphatic rings. The Morgan fingerprint density at radius 2 is 1.65 bits per heavy atom. The van der Waals surface area contributed by atoms with Gasteiger partial charge in [0.1, 0.15) is 0 Å². The standard InChI is InChI=1S/C18H15IN2O2/c19-14-4-2-1-3-9(14)8-20-21-17(22)15-10-5-6-11(13-7-12(10)13)16(15)18(21)23/h1-6,8,10-13,15-16H,7H2/t10-,11-,12-,13-,15+,16+/m0/s1. The fourth-order valence-corrected chi connectivity index (χ4v) is 5.28. The van der Waals surface area contributed by atoms with Gasteiger partial charge in [-0.15, -0.1) is 0 Å². The third kappa shape index (κ3) is 1.86. The molecule has 0 unspecified atom stereocenters. The van der Waals surface area contributed by atoms with Crippen molar-refractivity contribution >= 4 is 40.6 Å². The molecule has 4 nitrogen and oxygen atoms in total. The number of benzene rings is 1. The average molecular weight is 418 g/mol. The van der Waals surface area contributed by atoms with Gasteiger partial charge in [-0.05, 0) is 58.7 Å². The van der Waals surface area contributed by atoms with E-state index in [9.17, 15) is 9.59 Å². The van der Waals surface area contributed by atoms with Crippen LogP contribution in [0.4, 0.5) is 0 Å². The van der Waals surface area contributed by atoms with Gasteiger partial charge in [-0.2, -0.15) is 10.1 Å². The van der Waals surface area contributed by atoms with Crippen molar-refractivity contribution in [3.05, 3.63) is 45.6 Å². The van der Waals surface area contributed by atoms with Crippen LogP contribution in [0.2, 0.25) is 0 Å². The molecule has 1 aliphatic heterocycles. The molecule has 1 heterocycles. The Hall–Kier alpha value is -1.50. The van der Waals surface area contributed by atoms with Crippen LogP contribution in [-0.2, 0) is 9.59 Å². The summed E-state index contributed by atoms with van der Waals surface area (Å²) in [5.74, 6) is 1.20. The fourth-order valence-electron chi connectivity index (χ4n) is 4.75. The van der Waals surface area contributed by atoms with Gasteiger partial charge in [-0.1, -0.05) is 30.4 Å². The highest BCUT2D eigenvalue weighted by atomic mass is 127. The lowest BCUT2D eigenvalue weighted by Crippen LogP contribution is -2.40. The SMILES string of the molecule is O=C1[C@@H]2[C@H]3C=C[C@@H]([C@@H]4C[C@@H]34)[C@H]2C(=O)N1N=Cc1ccccc1I. The van der Waals surface area contributed by atoms with Crippen LogP contribution in [0, 0.1) is 39.1 Å². The molecule has 23 heavy (non-hydrogen) atoms. The highest BCUT2D eigenvalue weighted by Gasteiger charge is 2.67. The molecule has 0 N–H and O–H groups in total. The largest absolute Gasteiger partial charge is 0.272 e. The van der Waals surface area contributed by atoms with E-state index in [1.165, 1.54) is 6.42 Å². The van der Waals surface area contributed by atoms with Crippen LogP contribution >= 0.6 is 22.6 Å². The van der Waals surface area contributed by atoms with E-state index in [0.29, 0.717) is 11.8 Å². The van der Waals surface area contributed by atoms with Crippen molar-refractivity contribution < 1.29 is 9.59 Å². The molecule has 6 atom stereocenters. The Morgan fingerprint density at radius 3 is 2.26 bits per heavy atom. The minimum Gasteiger partial charge on any atom is -0.272 e. The molecule has 6 rings (SSSR count). The van der Waals surface area contributed by atoms with Crippen molar-refractivity contribution in [1.29, 1.82) is 0 Å². The summed E-state index contributed by atoms with van der Waals surface area (Å²) >= 11 is 2.23. The van der Waals surface area contributed by atoms with Crippen molar-refractivity contribution in [2.75, 3.05) is 0 Å². The maximum absolute atomic E-state index is 12.8. The number of hydrogen-bond donors (Lipinski definition) is 0. The molecule has 0 aromatic heterocycles. The van der Waals surface area contributed by atoms with E-state index in [0.717, 1.165) is 14.1 Å². The van der Waals surface area contributed by atoms with E-state index in [1.54, 1.807) is 6.21 Å². The Kier molecular flexibility index (Phi) is 2.87. The van der Waals surface area contributed by atoms with E-state index in [1.807, 2.05) is 24.3 Å². The van der Waals surface area contributed by atoms with Crippen LogP contribution in [0.5, 0.6) is 0 Å². The molecule has 1 aromatic rings. The number of hydrazone groups is 1. The zero-order valence-corrected chi connectivity index (χ0v) is 14.5. The number of halogens is 1. The summed E-state index contributed by atoms with van der Waals surface area (Å²) in [5, 5.41) is 5.39. The number of allylic oxidation sites excluding steroid dienone is 2. The van der Waals surface area contributed by atoms with Crippen LogP contribution in [0.3, 0.4) is 0 Å². The number of hydrogen-bond acceptors (Lipinski definition) is 3. The van der Waals surface area contributed by atoms with Crippen molar-refractivity contribution in [1.82, 2.24) is 5.01 Å². The van der Waals surface area contributed by atoms with Crippen molar-refractivity contribution in [3.8, 4) is 0 Å². The molecule has 116 valence electrons. The van der Waals surface area contributed by atoms with Gasteiger partial charge in [0, 0.05) is 9.13 Å². The molecule has 0 radical (unpaired) electrons. The number of nitrogens with zero attached hydrogens (tertiary/aromatic N) is 2. The van der Waals surface area contributed by atoms with Gasteiger partial charge in [0.2, 0.25) is 0 Å². The highest BCUT2D eigenvalue weighted by molar-refractivity contribution is 14.1. The van der Waals surface area contributed by atoms with Crippen LogP contribution in [0.25, 0.3) is 0 Å². The number of carbonyl (C=O) groups excluding carboxylic acids is 2. The monoisotopic (exact) mass is 418 g/mol. The molecule has 5 heteroatoms. The summed E-state index contributed by atoms with van der Waals surface area (Å²) < 4.78 is 1.05. The summed E-state index contributed by atoms with van der Waals surface area (Å²) in [4.78, 5) is 25.5. The second-order valence-electron chi connectivity index (χ2n) is 6.91. The van der Waals surface area contributed by atoms with Gasteiger partial charge in [-0.25, -0.2) is 0 Å². The van der Waals surface area contributed by atoms with Gasteiger partial charge in [0.05, 0.1) is 18.1 Å². The first kappa shape index (κ1) is 13.9. The van der Waals surface area contributed by atoms with E-state index in [4.69, 9.17) is 0 Å². The molecular formula is C18H15IN2O2. The zero-order valence-electron chi connectivity index (χ0n) is 12.3. The Labute approximate surface area is 147 Å². The van der Waals surface area contributed by atoms with Crippen LogP contribution < -0.4 is 0 Å². The van der Waals surface area contributed by atoms with Gasteiger partial charge >= 0.3 is 0 Å². The number of rotatable bonds is 2. The first-order valence-electron chi connectivity index (χ1n) is 8.01. The fraction of sp³-hybridized carbons (Fsp3) is 0.389. The van der Waals surface area contributed by atoms with Crippen molar-refractivity contribution in [2.45, 2.75) is 6.42 Å². The summed E-state index contributed by atoms with van der Waals surface area (Å²) in [5.41, 5.74) is 0.924. The third-order valence-corrected chi connectivity index (χ3v) is 6.84. The number of carbonyl (C=O) groups is 2. The molecule has 0 spiro atoms. The lowest BCUT2D eigenvalue weighted by atomic mass is 9.63. The van der Waals surface area contributed by atoms with Gasteiger partial charge < -0.3 is 0 Å². The molecule has 3 fully saturated rings. The smallest absolute Gasteiger partial charge is 0.254 e. The first-order chi connectivity index (χ1) is 11.2. The lowest BCUT2D eigenvalue weighted by Gasteiger charge is -2.37. The van der Waals surface area contributed by atoms with E-state index < -0.39 is 0 Å². The molecule has 2 bridgehead atoms. The molecule has 4 aliphatic carbocycles. The first-order valence-corrected chi connectivity index (χ1v) is 9.09. The molecular weight excluding hydrogens is 403 g/mol. The topological polar surface area (TPSA) is 49.7 Å². The molecule has 1 saturated heterocycles.